The van der Waals surface area contributed by atoms with Crippen LogP contribution in [0.4, 0.5) is 5.69 Å². The molecule has 0 saturated carbocycles. The fraction of sp³-hybridized carbons (Fsp3) is 0.364. The van der Waals surface area contributed by atoms with Crippen molar-refractivity contribution in [1.82, 2.24) is 5.32 Å². The highest BCUT2D eigenvalue weighted by molar-refractivity contribution is 7.98. The van der Waals surface area contributed by atoms with E-state index in [-0.39, 0.29) is 11.8 Å². The van der Waals surface area contributed by atoms with Crippen LogP contribution in [-0.4, -0.2) is 51.1 Å². The van der Waals surface area contributed by atoms with E-state index >= 15 is 0 Å². The summed E-state index contributed by atoms with van der Waals surface area (Å²) in [4.78, 5) is 27.4. The number of nitrogens with one attached hydrogen (secondary N) is 1. The molecule has 6 nitrogen and oxygen atoms in total. The highest BCUT2D eigenvalue weighted by Crippen LogP contribution is 2.31. The van der Waals surface area contributed by atoms with Crippen molar-refractivity contribution in [1.29, 1.82) is 0 Å². The monoisotopic (exact) mass is 416 g/mol. The molecule has 0 fully saturated rings. The lowest BCUT2D eigenvalue weighted by Crippen LogP contribution is -2.47. The van der Waals surface area contributed by atoms with Crippen molar-refractivity contribution in [3.63, 3.8) is 0 Å². The van der Waals surface area contributed by atoms with Gasteiger partial charge in [0.1, 0.15) is 6.04 Å². The highest BCUT2D eigenvalue weighted by atomic mass is 32.2. The number of carbonyl (C=O) groups excluding carboxylic acids is 2. The van der Waals surface area contributed by atoms with Crippen LogP contribution < -0.4 is 19.7 Å². The Morgan fingerprint density at radius 2 is 1.83 bits per heavy atom. The number of nitrogens with zero attached hydrogens (tertiary/aromatic N) is 1. The molecule has 1 N–H and O–H groups in total. The quantitative estimate of drug-likeness (QED) is 0.677. The maximum atomic E-state index is 13.2. The fourth-order valence-electron chi connectivity index (χ4n) is 2.92. The number of amides is 2. The van der Waals surface area contributed by atoms with Crippen molar-refractivity contribution in [3.8, 4) is 11.5 Å². The molecular formula is C22H28N2O4S. The Bertz CT molecular complexity index is 856. The van der Waals surface area contributed by atoms with E-state index in [0.29, 0.717) is 29.2 Å². The van der Waals surface area contributed by atoms with Gasteiger partial charge < -0.3 is 19.7 Å². The zero-order chi connectivity index (χ0) is 21.4. The molecule has 7 heteroatoms. The van der Waals surface area contributed by atoms with Gasteiger partial charge in [0, 0.05) is 24.4 Å². The molecule has 0 aliphatic heterocycles. The highest BCUT2D eigenvalue weighted by Gasteiger charge is 2.25. The van der Waals surface area contributed by atoms with Crippen molar-refractivity contribution in [2.75, 3.05) is 38.2 Å². The van der Waals surface area contributed by atoms with Gasteiger partial charge in [-0.3, -0.25) is 9.59 Å². The van der Waals surface area contributed by atoms with Crippen LogP contribution in [0.15, 0.2) is 42.5 Å². The number of carbonyl (C=O) groups is 2. The lowest BCUT2D eigenvalue weighted by atomic mass is 10.1. The maximum Gasteiger partial charge on any atom is 0.251 e. The predicted molar refractivity (Wildman–Crippen MR) is 118 cm³/mol. The molecule has 1 atom stereocenters. The van der Waals surface area contributed by atoms with E-state index in [1.165, 1.54) is 4.90 Å². The van der Waals surface area contributed by atoms with E-state index in [4.69, 9.17) is 9.47 Å². The summed E-state index contributed by atoms with van der Waals surface area (Å²) in [6, 6.07) is 12.0. The van der Waals surface area contributed by atoms with Crippen LogP contribution in [0.2, 0.25) is 0 Å². The summed E-state index contributed by atoms with van der Waals surface area (Å²) >= 11 is 1.63. The minimum atomic E-state index is -0.631. The van der Waals surface area contributed by atoms with Gasteiger partial charge in [-0.25, -0.2) is 0 Å². The molecule has 2 aromatic rings. The number of likely N-dealkylation sites (N-methyl/N-ethyl adjacent to an activating group) is 1. The number of benzene rings is 2. The summed E-state index contributed by atoms with van der Waals surface area (Å²) in [5.74, 6) is 1.43. The number of methoxy groups -OCH3 is 2. The van der Waals surface area contributed by atoms with Crippen LogP contribution in [-0.2, 0) is 4.79 Å². The Hall–Kier alpha value is -2.67. The van der Waals surface area contributed by atoms with E-state index in [2.05, 4.69) is 5.32 Å². The van der Waals surface area contributed by atoms with E-state index in [0.717, 1.165) is 11.3 Å². The topological polar surface area (TPSA) is 67.9 Å². The van der Waals surface area contributed by atoms with Crippen LogP contribution in [0.5, 0.6) is 11.5 Å². The number of ether oxygens (including phenoxy) is 2. The second kappa shape index (κ2) is 10.8. The summed E-state index contributed by atoms with van der Waals surface area (Å²) in [7, 11) is 4.80. The molecule has 2 aromatic carbocycles. The fourth-order valence-corrected chi connectivity index (χ4v) is 3.39. The summed E-state index contributed by atoms with van der Waals surface area (Å²) in [6.45, 7) is 1.93. The van der Waals surface area contributed by atoms with Crippen LogP contribution in [0.25, 0.3) is 0 Å². The SMILES string of the molecule is COc1ccc(N(C)C(=O)C(CCSC)NC(=O)c2cccc(C)c2)cc1OC. The molecule has 2 amide bonds. The Morgan fingerprint density at radius 3 is 2.45 bits per heavy atom. The molecule has 2 rings (SSSR count). The van der Waals surface area contributed by atoms with E-state index in [1.54, 1.807) is 57.3 Å². The second-order valence-corrected chi connectivity index (χ2v) is 7.60. The number of rotatable bonds is 9. The number of hydrogen-bond donors (Lipinski definition) is 1. The van der Waals surface area contributed by atoms with Gasteiger partial charge >= 0.3 is 0 Å². The summed E-state index contributed by atoms with van der Waals surface area (Å²) in [5.41, 5.74) is 2.19. The third-order valence-electron chi connectivity index (χ3n) is 4.58. The van der Waals surface area contributed by atoms with Gasteiger partial charge in [0.15, 0.2) is 11.5 Å². The Balaban J connectivity index is 2.22. The van der Waals surface area contributed by atoms with Crippen molar-refractivity contribution in [3.05, 3.63) is 53.6 Å². The van der Waals surface area contributed by atoms with Gasteiger partial charge in [0.05, 0.1) is 14.2 Å². The van der Waals surface area contributed by atoms with Crippen LogP contribution in [0.3, 0.4) is 0 Å². The molecule has 0 aromatic heterocycles. The summed E-state index contributed by atoms with van der Waals surface area (Å²) < 4.78 is 10.6. The predicted octanol–water partition coefficient (Wildman–Crippen LogP) is 3.53. The Kier molecular flexibility index (Phi) is 8.39. The van der Waals surface area contributed by atoms with Crippen LogP contribution in [0.1, 0.15) is 22.3 Å². The first-order chi connectivity index (χ1) is 13.9. The number of thioether (sulfide) groups is 1. The van der Waals surface area contributed by atoms with Gasteiger partial charge in [-0.1, -0.05) is 17.7 Å². The van der Waals surface area contributed by atoms with E-state index < -0.39 is 6.04 Å². The number of aryl methyl sites for hydroxylation is 1. The standard InChI is InChI=1S/C22H28N2O4S/c1-15-7-6-8-16(13-15)21(25)23-18(11-12-29-5)22(26)24(2)17-9-10-19(27-3)20(14-17)28-4/h6-10,13-14,18H,11-12H2,1-5H3,(H,23,25). The van der Waals surface area contributed by atoms with Crippen molar-refractivity contribution >= 4 is 29.3 Å². The molecular weight excluding hydrogens is 388 g/mol. The van der Waals surface area contributed by atoms with E-state index in [9.17, 15) is 9.59 Å². The molecule has 29 heavy (non-hydrogen) atoms. The third kappa shape index (κ3) is 5.90. The molecule has 156 valence electrons. The van der Waals surface area contributed by atoms with Gasteiger partial charge in [-0.15, -0.1) is 0 Å². The normalized spacial score (nSPS) is 11.5. The molecule has 0 aliphatic rings. The summed E-state index contributed by atoms with van der Waals surface area (Å²) in [5, 5.41) is 2.90. The minimum Gasteiger partial charge on any atom is -0.493 e. The van der Waals surface area contributed by atoms with Crippen LogP contribution >= 0.6 is 11.8 Å². The largest absolute Gasteiger partial charge is 0.493 e. The maximum absolute atomic E-state index is 13.2. The minimum absolute atomic E-state index is 0.188. The smallest absolute Gasteiger partial charge is 0.251 e. The lowest BCUT2D eigenvalue weighted by molar-refractivity contribution is -0.120. The zero-order valence-electron chi connectivity index (χ0n) is 17.5. The molecule has 0 spiro atoms. The molecule has 0 saturated heterocycles. The molecule has 0 heterocycles. The van der Waals surface area contributed by atoms with Crippen LogP contribution in [0, 0.1) is 6.92 Å². The summed E-state index contributed by atoms with van der Waals surface area (Å²) in [6.07, 6.45) is 2.51. The molecule has 0 bridgehead atoms. The van der Waals surface area contributed by atoms with Gasteiger partial charge in [0.2, 0.25) is 5.91 Å². The first-order valence-corrected chi connectivity index (χ1v) is 10.7. The van der Waals surface area contributed by atoms with Gasteiger partial charge in [0.25, 0.3) is 5.91 Å². The van der Waals surface area contributed by atoms with Crippen molar-refractivity contribution < 1.29 is 19.1 Å². The van der Waals surface area contributed by atoms with Crippen molar-refractivity contribution in [2.45, 2.75) is 19.4 Å². The first-order valence-electron chi connectivity index (χ1n) is 9.27. The average molecular weight is 417 g/mol. The van der Waals surface area contributed by atoms with Crippen molar-refractivity contribution in [2.24, 2.45) is 0 Å². The second-order valence-electron chi connectivity index (χ2n) is 6.61. The molecule has 0 aliphatic carbocycles. The Labute approximate surface area is 176 Å². The first kappa shape index (κ1) is 22.6. The average Bonchev–Trinajstić information content (AvgIpc) is 2.74. The van der Waals surface area contributed by atoms with Gasteiger partial charge in [-0.05, 0) is 49.6 Å². The lowest BCUT2D eigenvalue weighted by Gasteiger charge is -2.25. The zero-order valence-corrected chi connectivity index (χ0v) is 18.3. The Morgan fingerprint density at radius 1 is 1.10 bits per heavy atom. The third-order valence-corrected chi connectivity index (χ3v) is 5.22. The molecule has 0 radical (unpaired) electrons. The number of hydrogen-bond acceptors (Lipinski definition) is 5. The van der Waals surface area contributed by atoms with E-state index in [1.807, 2.05) is 31.4 Å². The number of anilines is 1. The molecule has 1 unspecified atom stereocenters. The van der Waals surface area contributed by atoms with Gasteiger partial charge in [-0.2, -0.15) is 11.8 Å².